The van der Waals surface area contributed by atoms with Gasteiger partial charge in [0.2, 0.25) is 11.8 Å². The van der Waals surface area contributed by atoms with Crippen LogP contribution in [0.25, 0.3) is 0 Å². The van der Waals surface area contributed by atoms with Gasteiger partial charge in [-0.3, -0.25) is 14.9 Å². The summed E-state index contributed by atoms with van der Waals surface area (Å²) >= 11 is 1.38. The second-order valence-electron chi connectivity index (χ2n) is 7.19. The maximum Gasteiger partial charge on any atom is 0.409 e. The Bertz CT molecular complexity index is 773. The molecule has 0 bridgehead atoms. The van der Waals surface area contributed by atoms with Gasteiger partial charge in [-0.05, 0) is 18.6 Å². The number of piperazine rings is 1. The van der Waals surface area contributed by atoms with Crippen molar-refractivity contribution < 1.29 is 23.5 Å². The number of hydrogen-bond donors (Lipinski definition) is 2. The van der Waals surface area contributed by atoms with Gasteiger partial charge in [0.25, 0.3) is 0 Å². The summed E-state index contributed by atoms with van der Waals surface area (Å²) < 4.78 is 18.8. The minimum Gasteiger partial charge on any atom is -0.450 e. The van der Waals surface area contributed by atoms with Gasteiger partial charge in [-0.1, -0.05) is 18.2 Å². The molecular weight excluding hydrogens is 411 g/mol. The lowest BCUT2D eigenvalue weighted by Gasteiger charge is -2.36. The van der Waals surface area contributed by atoms with E-state index >= 15 is 0 Å². The number of carbonyl (C=O) groups is 3. The zero-order valence-corrected chi connectivity index (χ0v) is 17.8. The zero-order chi connectivity index (χ0) is 21.5. The molecule has 0 spiro atoms. The third-order valence-electron chi connectivity index (χ3n) is 5.05. The van der Waals surface area contributed by atoms with Gasteiger partial charge in [0, 0.05) is 50.8 Å². The van der Waals surface area contributed by atoms with Crippen LogP contribution in [0.15, 0.2) is 24.3 Å². The van der Waals surface area contributed by atoms with Crippen LogP contribution in [0, 0.1) is 5.82 Å². The van der Waals surface area contributed by atoms with Crippen LogP contribution in [-0.4, -0.2) is 72.0 Å². The quantitative estimate of drug-likeness (QED) is 0.700. The van der Waals surface area contributed by atoms with E-state index in [1.807, 2.05) is 0 Å². The van der Waals surface area contributed by atoms with Crippen LogP contribution in [0.5, 0.6) is 0 Å². The van der Waals surface area contributed by atoms with Gasteiger partial charge in [-0.25, -0.2) is 9.18 Å². The molecule has 2 aliphatic rings. The second-order valence-corrected chi connectivity index (χ2v) is 8.28. The highest BCUT2D eigenvalue weighted by Crippen LogP contribution is 2.21. The van der Waals surface area contributed by atoms with E-state index in [1.54, 1.807) is 34.9 Å². The van der Waals surface area contributed by atoms with E-state index in [1.165, 1.54) is 17.8 Å². The number of benzene rings is 1. The molecule has 30 heavy (non-hydrogen) atoms. The lowest BCUT2D eigenvalue weighted by Crippen LogP contribution is -2.57. The molecule has 0 radical (unpaired) electrons. The van der Waals surface area contributed by atoms with E-state index < -0.39 is 0 Å². The van der Waals surface area contributed by atoms with Crippen molar-refractivity contribution in [2.75, 3.05) is 32.8 Å². The minimum atomic E-state index is -0.385. The Hall–Kier alpha value is -2.33. The van der Waals surface area contributed by atoms with E-state index in [-0.39, 0.29) is 48.1 Å². The Morgan fingerprint density at radius 3 is 2.60 bits per heavy atom. The van der Waals surface area contributed by atoms with Crippen LogP contribution in [0.1, 0.15) is 25.3 Å². The molecule has 0 saturated carbocycles. The van der Waals surface area contributed by atoms with Gasteiger partial charge in [-0.15, -0.1) is 11.8 Å². The predicted molar refractivity (Wildman–Crippen MR) is 111 cm³/mol. The number of nitrogens with one attached hydrogen (secondary N) is 2. The van der Waals surface area contributed by atoms with Crippen molar-refractivity contribution in [3.63, 3.8) is 0 Å². The lowest BCUT2D eigenvalue weighted by molar-refractivity contribution is -0.134. The van der Waals surface area contributed by atoms with E-state index in [0.29, 0.717) is 44.1 Å². The van der Waals surface area contributed by atoms with Crippen molar-refractivity contribution in [1.29, 1.82) is 0 Å². The van der Waals surface area contributed by atoms with Crippen LogP contribution >= 0.6 is 11.8 Å². The highest BCUT2D eigenvalue weighted by Gasteiger charge is 2.31. The number of hydrogen-bond acceptors (Lipinski definition) is 6. The molecule has 1 aromatic rings. The Balaban J connectivity index is 1.46. The number of carbonyl (C=O) groups excluding carboxylic acids is 3. The van der Waals surface area contributed by atoms with Crippen molar-refractivity contribution in [2.24, 2.45) is 0 Å². The van der Waals surface area contributed by atoms with Gasteiger partial charge in [0.15, 0.2) is 0 Å². The third kappa shape index (κ3) is 6.09. The van der Waals surface area contributed by atoms with Crippen molar-refractivity contribution in [1.82, 2.24) is 20.4 Å². The minimum absolute atomic E-state index is 0.0523. The standard InChI is InChI=1S/C20H27FN4O4S/c1-2-29-20(28)25-9-7-24(8-10-25)18(27)12-15-11-17(26)23-19(22-15)30-13-14-5-3-4-6-16(14)21/h3-6,15,19,22H,2,7-13H2,1H3,(H,23,26). The summed E-state index contributed by atoms with van der Waals surface area (Å²) in [5.41, 5.74) is 0.181. The Kier molecular flexibility index (Phi) is 7.92. The molecule has 3 rings (SSSR count). The maximum atomic E-state index is 13.8. The number of rotatable bonds is 6. The molecule has 2 fully saturated rings. The van der Waals surface area contributed by atoms with Crippen molar-refractivity contribution >= 4 is 29.7 Å². The summed E-state index contributed by atoms with van der Waals surface area (Å²) in [6, 6.07) is 6.25. The summed E-state index contributed by atoms with van der Waals surface area (Å²) in [6.07, 6.45) is 0.0550. The molecule has 0 aliphatic carbocycles. The second kappa shape index (κ2) is 10.6. The first-order valence-electron chi connectivity index (χ1n) is 10.1. The molecule has 2 saturated heterocycles. The van der Waals surface area contributed by atoms with Gasteiger partial charge >= 0.3 is 6.09 Å². The first kappa shape index (κ1) is 22.4. The maximum absolute atomic E-state index is 13.8. The molecule has 164 valence electrons. The zero-order valence-electron chi connectivity index (χ0n) is 16.9. The van der Waals surface area contributed by atoms with E-state index in [2.05, 4.69) is 10.6 Å². The van der Waals surface area contributed by atoms with Crippen LogP contribution in [0.3, 0.4) is 0 Å². The number of halogens is 1. The average Bonchev–Trinajstić information content (AvgIpc) is 2.73. The summed E-state index contributed by atoms with van der Waals surface area (Å²) in [6.45, 7) is 3.84. The summed E-state index contributed by atoms with van der Waals surface area (Å²) in [5, 5.41) is 6.09. The monoisotopic (exact) mass is 438 g/mol. The van der Waals surface area contributed by atoms with Gasteiger partial charge in [0.05, 0.1) is 6.61 Å². The molecule has 2 atom stereocenters. The number of nitrogens with zero attached hydrogens (tertiary/aromatic N) is 2. The number of ether oxygens (including phenoxy) is 1. The Morgan fingerprint density at radius 2 is 1.90 bits per heavy atom. The lowest BCUT2D eigenvalue weighted by atomic mass is 10.1. The fourth-order valence-electron chi connectivity index (χ4n) is 3.45. The van der Waals surface area contributed by atoms with Crippen LogP contribution < -0.4 is 10.6 Å². The smallest absolute Gasteiger partial charge is 0.409 e. The molecule has 0 aromatic heterocycles. The first-order valence-corrected chi connectivity index (χ1v) is 11.1. The Labute approximate surface area is 179 Å². The molecule has 2 unspecified atom stereocenters. The molecule has 2 aliphatic heterocycles. The molecule has 1 aromatic carbocycles. The summed E-state index contributed by atoms with van der Waals surface area (Å²) in [4.78, 5) is 39.8. The fourth-order valence-corrected chi connectivity index (χ4v) is 4.53. The van der Waals surface area contributed by atoms with Crippen molar-refractivity contribution in [3.05, 3.63) is 35.6 Å². The van der Waals surface area contributed by atoms with E-state index in [9.17, 15) is 18.8 Å². The van der Waals surface area contributed by atoms with Gasteiger partial charge in [-0.2, -0.15) is 0 Å². The highest BCUT2D eigenvalue weighted by molar-refractivity contribution is 7.99. The number of amides is 3. The average molecular weight is 439 g/mol. The van der Waals surface area contributed by atoms with Crippen molar-refractivity contribution in [3.8, 4) is 0 Å². The third-order valence-corrected chi connectivity index (χ3v) is 6.12. The number of thioether (sulfide) groups is 1. The summed E-state index contributed by atoms with van der Waals surface area (Å²) in [5.74, 6) is -0.0599. The first-order chi connectivity index (χ1) is 14.5. The van der Waals surface area contributed by atoms with Crippen LogP contribution in [0.2, 0.25) is 0 Å². The largest absolute Gasteiger partial charge is 0.450 e. The fraction of sp³-hybridized carbons (Fsp3) is 0.550. The van der Waals surface area contributed by atoms with E-state index in [0.717, 1.165) is 0 Å². The molecular formula is C20H27FN4O4S. The predicted octanol–water partition coefficient (Wildman–Crippen LogP) is 1.51. The molecule has 8 nitrogen and oxygen atoms in total. The molecule has 2 N–H and O–H groups in total. The van der Waals surface area contributed by atoms with E-state index in [4.69, 9.17) is 4.74 Å². The molecule has 2 heterocycles. The normalized spacial score (nSPS) is 21.9. The van der Waals surface area contributed by atoms with Crippen molar-refractivity contribution in [2.45, 2.75) is 37.1 Å². The van der Waals surface area contributed by atoms with Crippen LogP contribution in [0.4, 0.5) is 9.18 Å². The van der Waals surface area contributed by atoms with Gasteiger partial charge in [0.1, 0.15) is 11.3 Å². The Morgan fingerprint density at radius 1 is 1.20 bits per heavy atom. The molecule has 10 heteroatoms. The highest BCUT2D eigenvalue weighted by atomic mass is 32.2. The van der Waals surface area contributed by atoms with Gasteiger partial charge < -0.3 is 19.9 Å². The SMILES string of the molecule is CCOC(=O)N1CCN(C(=O)CC2CC(=O)NC(SCc3ccccc3F)N2)CC1. The van der Waals surface area contributed by atoms with Crippen LogP contribution in [-0.2, 0) is 20.1 Å². The summed E-state index contributed by atoms with van der Waals surface area (Å²) in [7, 11) is 0. The topological polar surface area (TPSA) is 91.0 Å². The molecule has 3 amide bonds.